The molecule has 3 rings (SSSR count). The number of anilines is 1. The zero-order valence-electron chi connectivity index (χ0n) is 11.9. The molecule has 6 nitrogen and oxygen atoms in total. The Morgan fingerprint density at radius 1 is 1.52 bits per heavy atom. The summed E-state index contributed by atoms with van der Waals surface area (Å²) in [6.45, 7) is 3.70. The molecule has 112 valence electrons. The third kappa shape index (κ3) is 3.24. The number of amides is 1. The van der Waals surface area contributed by atoms with E-state index in [1.807, 2.05) is 19.1 Å². The Bertz CT molecular complexity index is 589. The van der Waals surface area contributed by atoms with Crippen molar-refractivity contribution < 1.29 is 9.53 Å². The van der Waals surface area contributed by atoms with Gasteiger partial charge < -0.3 is 15.0 Å². The van der Waals surface area contributed by atoms with Gasteiger partial charge in [0.15, 0.2) is 5.13 Å². The third-order valence-corrected chi connectivity index (χ3v) is 4.43. The summed E-state index contributed by atoms with van der Waals surface area (Å²) in [5, 5.41) is 4.35. The van der Waals surface area contributed by atoms with Crippen LogP contribution < -0.4 is 5.32 Å². The first kappa shape index (κ1) is 14.1. The number of carbonyl (C=O) groups is 1. The summed E-state index contributed by atoms with van der Waals surface area (Å²) in [6, 6.07) is 4.20. The van der Waals surface area contributed by atoms with E-state index >= 15 is 0 Å². The van der Waals surface area contributed by atoms with Gasteiger partial charge in [0.05, 0.1) is 6.61 Å². The molecule has 0 radical (unpaired) electrons. The number of thiazole rings is 1. The minimum atomic E-state index is -0.208. The van der Waals surface area contributed by atoms with Crippen molar-refractivity contribution in [1.82, 2.24) is 14.9 Å². The van der Waals surface area contributed by atoms with E-state index in [2.05, 4.69) is 15.3 Å². The average molecular weight is 306 g/mol. The number of ether oxygens (including phenoxy) is 1. The maximum Gasteiger partial charge on any atom is 0.409 e. The molecule has 1 aliphatic heterocycles. The van der Waals surface area contributed by atoms with Crippen LogP contribution >= 0.6 is 11.3 Å². The van der Waals surface area contributed by atoms with Gasteiger partial charge in [-0.3, -0.25) is 0 Å². The molecule has 0 spiro atoms. The van der Waals surface area contributed by atoms with Crippen molar-refractivity contribution in [2.45, 2.75) is 25.8 Å². The predicted octanol–water partition coefficient (Wildman–Crippen LogP) is 2.72. The third-order valence-electron chi connectivity index (χ3n) is 3.51. The molecular formula is C14H18N4O2S. The van der Waals surface area contributed by atoms with Crippen LogP contribution in [0.2, 0.25) is 0 Å². The SMILES string of the molecule is CCOC(=O)N1CCC(Nc2nc3cccnc3s2)CC1. The van der Waals surface area contributed by atoms with Gasteiger partial charge in [-0.1, -0.05) is 11.3 Å². The second-order valence-electron chi connectivity index (χ2n) is 4.95. The molecule has 1 amide bonds. The van der Waals surface area contributed by atoms with E-state index in [9.17, 15) is 4.79 Å². The highest BCUT2D eigenvalue weighted by atomic mass is 32.1. The van der Waals surface area contributed by atoms with Crippen LogP contribution in [0.3, 0.4) is 0 Å². The van der Waals surface area contributed by atoms with Crippen molar-refractivity contribution in [3.8, 4) is 0 Å². The number of likely N-dealkylation sites (tertiary alicyclic amines) is 1. The number of carbonyl (C=O) groups excluding carboxylic acids is 1. The molecule has 0 aromatic carbocycles. The summed E-state index contributed by atoms with van der Waals surface area (Å²) in [7, 11) is 0. The average Bonchev–Trinajstić information content (AvgIpc) is 2.90. The van der Waals surface area contributed by atoms with Gasteiger partial charge in [0, 0.05) is 25.3 Å². The lowest BCUT2D eigenvalue weighted by Crippen LogP contribution is -2.42. The Balaban J connectivity index is 1.56. The molecule has 7 heteroatoms. The number of pyridine rings is 1. The lowest BCUT2D eigenvalue weighted by molar-refractivity contribution is 0.0983. The standard InChI is InChI=1S/C14H18N4O2S/c1-2-20-14(19)18-8-5-10(6-9-18)16-13-17-11-4-3-7-15-12(11)21-13/h3-4,7,10H,2,5-6,8-9H2,1H3,(H,16,17). The number of rotatable bonds is 3. The molecule has 0 bridgehead atoms. The molecule has 1 aliphatic rings. The number of nitrogens with zero attached hydrogens (tertiary/aromatic N) is 3. The summed E-state index contributed by atoms with van der Waals surface area (Å²) < 4.78 is 5.02. The van der Waals surface area contributed by atoms with Crippen molar-refractivity contribution in [1.29, 1.82) is 0 Å². The monoisotopic (exact) mass is 306 g/mol. The summed E-state index contributed by atoms with van der Waals surface area (Å²) in [5.74, 6) is 0. The zero-order valence-corrected chi connectivity index (χ0v) is 12.7. The van der Waals surface area contributed by atoms with Crippen LogP contribution in [0.15, 0.2) is 18.3 Å². The van der Waals surface area contributed by atoms with Gasteiger partial charge in [0.1, 0.15) is 10.3 Å². The summed E-state index contributed by atoms with van der Waals surface area (Å²) in [4.78, 5) is 23.2. The summed E-state index contributed by atoms with van der Waals surface area (Å²) >= 11 is 1.57. The predicted molar refractivity (Wildman–Crippen MR) is 82.7 cm³/mol. The first-order valence-corrected chi connectivity index (χ1v) is 7.97. The molecule has 0 saturated carbocycles. The van der Waals surface area contributed by atoms with Gasteiger partial charge in [-0.25, -0.2) is 14.8 Å². The molecular weight excluding hydrogens is 288 g/mol. The molecule has 0 unspecified atom stereocenters. The fourth-order valence-electron chi connectivity index (χ4n) is 2.43. The number of hydrogen-bond donors (Lipinski definition) is 1. The van der Waals surface area contributed by atoms with Crippen molar-refractivity contribution in [3.63, 3.8) is 0 Å². The van der Waals surface area contributed by atoms with Crippen molar-refractivity contribution in [2.75, 3.05) is 25.0 Å². The number of nitrogens with one attached hydrogen (secondary N) is 1. The minimum Gasteiger partial charge on any atom is -0.450 e. The summed E-state index contributed by atoms with van der Waals surface area (Å²) in [5.41, 5.74) is 0.925. The number of hydrogen-bond acceptors (Lipinski definition) is 6. The first-order valence-electron chi connectivity index (χ1n) is 7.16. The maximum absolute atomic E-state index is 11.6. The number of aromatic nitrogens is 2. The van der Waals surface area contributed by atoms with Gasteiger partial charge in [0.25, 0.3) is 0 Å². The van der Waals surface area contributed by atoms with E-state index in [0.717, 1.165) is 41.4 Å². The van der Waals surface area contributed by atoms with Crippen molar-refractivity contribution in [2.24, 2.45) is 0 Å². The second-order valence-corrected chi connectivity index (χ2v) is 5.93. The fraction of sp³-hybridized carbons (Fsp3) is 0.500. The van der Waals surface area contributed by atoms with Gasteiger partial charge in [-0.05, 0) is 31.9 Å². The molecule has 0 aliphatic carbocycles. The van der Waals surface area contributed by atoms with Crippen LogP contribution in [-0.4, -0.2) is 46.7 Å². The highest BCUT2D eigenvalue weighted by molar-refractivity contribution is 7.21. The minimum absolute atomic E-state index is 0.208. The lowest BCUT2D eigenvalue weighted by atomic mass is 10.1. The van der Waals surface area contributed by atoms with E-state index in [-0.39, 0.29) is 6.09 Å². The van der Waals surface area contributed by atoms with E-state index in [1.54, 1.807) is 22.4 Å². The van der Waals surface area contributed by atoms with Crippen LogP contribution in [0.1, 0.15) is 19.8 Å². The fourth-order valence-corrected chi connectivity index (χ4v) is 3.31. The highest BCUT2D eigenvalue weighted by Gasteiger charge is 2.24. The largest absolute Gasteiger partial charge is 0.450 e. The molecule has 2 aromatic heterocycles. The van der Waals surface area contributed by atoms with E-state index in [0.29, 0.717) is 12.6 Å². The van der Waals surface area contributed by atoms with Crippen molar-refractivity contribution in [3.05, 3.63) is 18.3 Å². The maximum atomic E-state index is 11.6. The normalized spacial score (nSPS) is 16.1. The molecule has 1 N–H and O–H groups in total. The van der Waals surface area contributed by atoms with E-state index in [1.165, 1.54) is 0 Å². The molecule has 3 heterocycles. The van der Waals surface area contributed by atoms with Crippen LogP contribution in [0.25, 0.3) is 10.3 Å². The Kier molecular flexibility index (Phi) is 4.19. The molecule has 0 atom stereocenters. The van der Waals surface area contributed by atoms with Crippen LogP contribution in [0.4, 0.5) is 9.93 Å². The lowest BCUT2D eigenvalue weighted by Gasteiger charge is -2.31. The highest BCUT2D eigenvalue weighted by Crippen LogP contribution is 2.25. The Morgan fingerprint density at radius 2 is 2.33 bits per heavy atom. The van der Waals surface area contributed by atoms with E-state index in [4.69, 9.17) is 4.74 Å². The van der Waals surface area contributed by atoms with E-state index < -0.39 is 0 Å². The first-order chi connectivity index (χ1) is 10.3. The van der Waals surface area contributed by atoms with Gasteiger partial charge in [-0.2, -0.15) is 0 Å². The second kappa shape index (κ2) is 6.26. The number of piperidine rings is 1. The Morgan fingerprint density at radius 3 is 3.05 bits per heavy atom. The quantitative estimate of drug-likeness (QED) is 0.944. The zero-order chi connectivity index (χ0) is 14.7. The summed E-state index contributed by atoms with van der Waals surface area (Å²) in [6.07, 6.45) is 3.38. The molecule has 21 heavy (non-hydrogen) atoms. The van der Waals surface area contributed by atoms with Crippen molar-refractivity contribution >= 4 is 32.9 Å². The topological polar surface area (TPSA) is 67.3 Å². The Hall–Kier alpha value is -1.89. The van der Waals surface area contributed by atoms with Crippen LogP contribution in [0, 0.1) is 0 Å². The van der Waals surface area contributed by atoms with Crippen LogP contribution in [-0.2, 0) is 4.74 Å². The molecule has 1 saturated heterocycles. The smallest absolute Gasteiger partial charge is 0.409 e. The van der Waals surface area contributed by atoms with Gasteiger partial charge in [0.2, 0.25) is 0 Å². The Labute approximate surface area is 127 Å². The molecule has 2 aromatic rings. The van der Waals surface area contributed by atoms with Crippen LogP contribution in [0.5, 0.6) is 0 Å². The van der Waals surface area contributed by atoms with Gasteiger partial charge in [-0.15, -0.1) is 0 Å². The molecule has 1 fully saturated rings. The van der Waals surface area contributed by atoms with Gasteiger partial charge >= 0.3 is 6.09 Å². The number of fused-ring (bicyclic) bond motifs is 1.